The molecule has 0 unspecified atom stereocenters. The Balaban J connectivity index is 0.00000144. The number of rotatable bonds is 3. The molecule has 2 aliphatic heterocycles. The number of hydrogen-bond donors (Lipinski definition) is 2. The fourth-order valence-corrected chi connectivity index (χ4v) is 4.81. The molecule has 24 heavy (non-hydrogen) atoms. The van der Waals surface area contributed by atoms with Crippen molar-refractivity contribution in [1.29, 1.82) is 0 Å². The van der Waals surface area contributed by atoms with Gasteiger partial charge >= 0.3 is 0 Å². The van der Waals surface area contributed by atoms with Crippen LogP contribution in [0.15, 0.2) is 21.1 Å². The largest absolute Gasteiger partial charge is 0.506 e. The summed E-state index contributed by atoms with van der Waals surface area (Å²) in [4.78, 5) is 2.51. The van der Waals surface area contributed by atoms with E-state index in [1.807, 2.05) is 6.07 Å². The fraction of sp³-hybridized carbons (Fsp3) is 0.625. The fourth-order valence-electron chi connectivity index (χ4n) is 3.55. The summed E-state index contributed by atoms with van der Waals surface area (Å²) in [6.45, 7) is 5.70. The molecular weight excluding hydrogens is 483 g/mol. The lowest BCUT2D eigenvalue weighted by Gasteiger charge is -2.41. The third kappa shape index (κ3) is 5.22. The highest BCUT2D eigenvalue weighted by Gasteiger charge is 2.33. The number of nitrogens with one attached hydrogen (secondary N) is 1. The second-order valence-corrected chi connectivity index (χ2v) is 7.78. The van der Waals surface area contributed by atoms with E-state index in [9.17, 15) is 5.11 Å². The van der Waals surface area contributed by atoms with E-state index in [1.165, 1.54) is 0 Å². The molecule has 3 rings (SSSR count). The van der Waals surface area contributed by atoms with Gasteiger partial charge in [0.15, 0.2) is 0 Å². The summed E-state index contributed by atoms with van der Waals surface area (Å²) < 4.78 is 7.29. The van der Waals surface area contributed by atoms with Crippen LogP contribution in [-0.4, -0.2) is 49.4 Å². The van der Waals surface area contributed by atoms with Crippen LogP contribution in [0.4, 0.5) is 0 Å². The maximum absolute atomic E-state index is 10.6. The van der Waals surface area contributed by atoms with Gasteiger partial charge in [0.2, 0.25) is 0 Å². The first-order valence-electron chi connectivity index (χ1n) is 7.87. The van der Waals surface area contributed by atoms with Crippen molar-refractivity contribution in [3.63, 3.8) is 0 Å². The number of aromatic hydroxyl groups is 1. The van der Waals surface area contributed by atoms with Gasteiger partial charge in [0.1, 0.15) is 5.75 Å². The van der Waals surface area contributed by atoms with E-state index in [0.29, 0.717) is 11.7 Å². The molecule has 2 saturated heterocycles. The predicted molar refractivity (Wildman–Crippen MR) is 109 cm³/mol. The van der Waals surface area contributed by atoms with Gasteiger partial charge in [-0.05, 0) is 46.8 Å². The third-order valence-corrected chi connectivity index (χ3v) is 5.70. The van der Waals surface area contributed by atoms with Crippen LogP contribution in [0.5, 0.6) is 5.75 Å². The van der Waals surface area contributed by atoms with Gasteiger partial charge in [-0.2, -0.15) is 0 Å². The summed E-state index contributed by atoms with van der Waals surface area (Å²) in [5.41, 5.74) is 1.02. The van der Waals surface area contributed by atoms with Crippen LogP contribution in [0, 0.1) is 5.92 Å². The lowest BCUT2D eigenvalue weighted by molar-refractivity contribution is 0.0206. The normalized spacial score (nSPS) is 20.8. The van der Waals surface area contributed by atoms with E-state index >= 15 is 0 Å². The molecule has 0 bridgehead atoms. The molecule has 0 amide bonds. The first-order valence-corrected chi connectivity index (χ1v) is 9.46. The van der Waals surface area contributed by atoms with Gasteiger partial charge < -0.3 is 15.2 Å². The van der Waals surface area contributed by atoms with Crippen molar-refractivity contribution >= 4 is 56.7 Å². The molecule has 0 aliphatic carbocycles. The van der Waals surface area contributed by atoms with E-state index in [-0.39, 0.29) is 30.9 Å². The smallest absolute Gasteiger partial charge is 0.134 e. The van der Waals surface area contributed by atoms with Gasteiger partial charge in [-0.1, -0.05) is 15.9 Å². The monoisotopic (exact) mass is 504 g/mol. The molecule has 0 aromatic heterocycles. The first kappa shape index (κ1) is 22.5. The molecule has 0 spiro atoms. The second-order valence-electron chi connectivity index (χ2n) is 6.01. The van der Waals surface area contributed by atoms with Crippen LogP contribution in [0.25, 0.3) is 0 Å². The van der Waals surface area contributed by atoms with Gasteiger partial charge in [-0.3, -0.25) is 4.90 Å². The number of halogens is 4. The third-order valence-electron chi connectivity index (χ3n) is 4.63. The minimum absolute atomic E-state index is 0. The van der Waals surface area contributed by atoms with Crippen molar-refractivity contribution in [3.05, 3.63) is 26.6 Å². The molecule has 0 saturated carbocycles. The van der Waals surface area contributed by atoms with Crippen LogP contribution in [0.2, 0.25) is 0 Å². The number of ether oxygens (including phenoxy) is 1. The Labute approximate surface area is 172 Å². The Kier molecular flexibility index (Phi) is 9.89. The van der Waals surface area contributed by atoms with Crippen LogP contribution in [0.3, 0.4) is 0 Å². The lowest BCUT2D eigenvalue weighted by atomic mass is 9.85. The molecular formula is C16H24Br2Cl2N2O2. The van der Waals surface area contributed by atoms with Gasteiger partial charge in [0.25, 0.3) is 0 Å². The molecule has 0 radical (unpaired) electrons. The Bertz CT molecular complexity index is 507. The number of nitrogens with zero attached hydrogens (tertiary/aromatic N) is 1. The SMILES string of the molecule is Cl.Cl.Oc1c(Br)cc(Br)cc1[C@H](C1CCOCC1)N1CCNCC1. The van der Waals surface area contributed by atoms with Crippen molar-refractivity contribution < 1.29 is 9.84 Å². The average Bonchev–Trinajstić information content (AvgIpc) is 2.54. The Morgan fingerprint density at radius 2 is 1.75 bits per heavy atom. The number of benzene rings is 1. The summed E-state index contributed by atoms with van der Waals surface area (Å²) in [6, 6.07) is 4.22. The summed E-state index contributed by atoms with van der Waals surface area (Å²) in [5.74, 6) is 0.900. The Hall–Kier alpha value is 0.440. The van der Waals surface area contributed by atoms with E-state index in [4.69, 9.17) is 4.74 Å². The van der Waals surface area contributed by atoms with Crippen molar-refractivity contribution in [2.24, 2.45) is 5.92 Å². The number of phenols is 1. The molecule has 138 valence electrons. The van der Waals surface area contributed by atoms with Gasteiger partial charge in [-0.25, -0.2) is 0 Å². The minimum Gasteiger partial charge on any atom is -0.506 e. The minimum atomic E-state index is 0. The molecule has 2 heterocycles. The highest BCUT2D eigenvalue weighted by molar-refractivity contribution is 9.11. The molecule has 1 atom stereocenters. The zero-order valence-corrected chi connectivity index (χ0v) is 18.1. The Morgan fingerprint density at radius 3 is 2.38 bits per heavy atom. The first-order chi connectivity index (χ1) is 10.7. The van der Waals surface area contributed by atoms with E-state index in [1.54, 1.807) is 0 Å². The van der Waals surface area contributed by atoms with Crippen molar-refractivity contribution in [2.45, 2.75) is 18.9 Å². The van der Waals surface area contributed by atoms with Crippen molar-refractivity contribution in [2.75, 3.05) is 39.4 Å². The highest BCUT2D eigenvalue weighted by Crippen LogP contribution is 2.43. The number of piperazine rings is 1. The molecule has 4 nitrogen and oxygen atoms in total. The summed E-state index contributed by atoms with van der Waals surface area (Å²) >= 11 is 7.04. The van der Waals surface area contributed by atoms with Crippen LogP contribution < -0.4 is 5.32 Å². The maximum Gasteiger partial charge on any atom is 0.134 e. The Morgan fingerprint density at radius 1 is 1.12 bits per heavy atom. The zero-order valence-electron chi connectivity index (χ0n) is 13.3. The lowest BCUT2D eigenvalue weighted by Crippen LogP contribution is -2.47. The highest BCUT2D eigenvalue weighted by atomic mass is 79.9. The standard InChI is InChI=1S/C16H22Br2N2O2.2ClH/c17-12-9-13(16(21)14(18)10-12)15(11-1-7-22-8-2-11)20-5-3-19-4-6-20;;/h9-11,15,19,21H,1-8H2;2*1H/t15-;;/m0../s1. The number of phenolic OH excluding ortho intramolecular Hbond substituents is 1. The van der Waals surface area contributed by atoms with E-state index < -0.39 is 0 Å². The van der Waals surface area contributed by atoms with Gasteiger partial charge in [0.05, 0.1) is 4.47 Å². The predicted octanol–water partition coefficient (Wildman–Crippen LogP) is 4.13. The van der Waals surface area contributed by atoms with Crippen LogP contribution >= 0.6 is 56.7 Å². The summed E-state index contributed by atoms with van der Waals surface area (Å²) in [5, 5.41) is 14.0. The maximum atomic E-state index is 10.6. The van der Waals surface area contributed by atoms with E-state index in [0.717, 1.165) is 66.7 Å². The molecule has 1 aromatic carbocycles. The van der Waals surface area contributed by atoms with Crippen molar-refractivity contribution in [3.8, 4) is 5.75 Å². The van der Waals surface area contributed by atoms with Crippen molar-refractivity contribution in [1.82, 2.24) is 10.2 Å². The molecule has 1 aromatic rings. The summed E-state index contributed by atoms with van der Waals surface area (Å²) in [7, 11) is 0. The quantitative estimate of drug-likeness (QED) is 0.647. The summed E-state index contributed by atoms with van der Waals surface area (Å²) in [6.07, 6.45) is 2.11. The van der Waals surface area contributed by atoms with E-state index in [2.05, 4.69) is 48.1 Å². The molecule has 2 N–H and O–H groups in total. The molecule has 2 fully saturated rings. The van der Waals surface area contributed by atoms with Crippen LogP contribution in [-0.2, 0) is 4.74 Å². The molecule has 2 aliphatic rings. The number of hydrogen-bond acceptors (Lipinski definition) is 4. The van der Waals surface area contributed by atoms with Gasteiger partial charge in [0, 0.05) is 55.5 Å². The topological polar surface area (TPSA) is 44.7 Å². The van der Waals surface area contributed by atoms with Gasteiger partial charge in [-0.15, -0.1) is 24.8 Å². The second kappa shape index (κ2) is 10.6. The molecule has 8 heteroatoms. The van der Waals surface area contributed by atoms with Crippen LogP contribution in [0.1, 0.15) is 24.4 Å². The average molecular weight is 507 g/mol. The zero-order chi connectivity index (χ0) is 15.5.